The molecule has 144 valence electrons. The van der Waals surface area contributed by atoms with Crippen molar-refractivity contribution in [3.8, 4) is 5.69 Å². The maximum Gasteiger partial charge on any atom is 0.352 e. The minimum absolute atomic E-state index is 0.0483. The van der Waals surface area contributed by atoms with Crippen molar-refractivity contribution >= 4 is 11.6 Å². The average molecular weight is 386 g/mol. The van der Waals surface area contributed by atoms with Crippen molar-refractivity contribution in [3.05, 3.63) is 86.2 Å². The Bertz CT molecular complexity index is 1170. The Kier molecular flexibility index (Phi) is 5.16. The first kappa shape index (κ1) is 19.2. The predicted octanol–water partition coefficient (Wildman–Crippen LogP) is 1.99. The lowest BCUT2D eigenvalue weighted by atomic mass is 10.2. The number of nitrogens with zero attached hydrogens (tertiary/aromatic N) is 3. The zero-order chi connectivity index (χ0) is 20.4. The summed E-state index contributed by atoms with van der Waals surface area (Å²) in [6, 6.07) is 9.03. The normalized spacial score (nSPS) is 10.7. The maximum atomic E-state index is 13.9. The Morgan fingerprint density at radius 3 is 2.43 bits per heavy atom. The third-order valence-electron chi connectivity index (χ3n) is 3.98. The molecule has 0 aliphatic heterocycles. The van der Waals surface area contributed by atoms with E-state index in [0.29, 0.717) is 5.56 Å². The third-order valence-corrected chi connectivity index (χ3v) is 3.98. The number of benzene rings is 2. The van der Waals surface area contributed by atoms with Crippen molar-refractivity contribution in [1.29, 1.82) is 0 Å². The van der Waals surface area contributed by atoms with E-state index in [1.54, 1.807) is 0 Å². The summed E-state index contributed by atoms with van der Waals surface area (Å²) < 4.78 is 28.9. The molecule has 0 atom stereocenters. The van der Waals surface area contributed by atoms with Gasteiger partial charge in [0.25, 0.3) is 5.56 Å². The molecular formula is C19H16F2N4O3. The van der Waals surface area contributed by atoms with Gasteiger partial charge in [0.2, 0.25) is 5.91 Å². The number of hydrogen-bond donors (Lipinski definition) is 1. The van der Waals surface area contributed by atoms with Crippen LogP contribution in [0, 0.1) is 18.6 Å². The van der Waals surface area contributed by atoms with Gasteiger partial charge in [0.1, 0.15) is 17.3 Å². The van der Waals surface area contributed by atoms with E-state index in [2.05, 4.69) is 10.4 Å². The Hall–Kier alpha value is -3.62. The van der Waals surface area contributed by atoms with E-state index >= 15 is 0 Å². The van der Waals surface area contributed by atoms with Gasteiger partial charge in [-0.25, -0.2) is 13.6 Å². The van der Waals surface area contributed by atoms with Gasteiger partial charge in [0, 0.05) is 6.92 Å². The molecule has 1 heterocycles. The number of nitrogens with one attached hydrogen (secondary N) is 1. The first-order valence-electron chi connectivity index (χ1n) is 8.29. The molecular weight excluding hydrogens is 370 g/mol. The summed E-state index contributed by atoms with van der Waals surface area (Å²) in [6.45, 7) is 2.59. The molecule has 1 amide bonds. The Balaban J connectivity index is 2.12. The summed E-state index contributed by atoms with van der Waals surface area (Å²) in [4.78, 5) is 36.5. The standard InChI is InChI=1S/C19H16F2N4O3/c1-11-18(27)24(10-13-3-5-14(20)6-4-13)19(28)25(23-11)15-7-8-16(21)17(9-15)22-12(2)26/h3-9H,10H2,1-2H3,(H,22,26). The van der Waals surface area contributed by atoms with Crippen LogP contribution in [0.3, 0.4) is 0 Å². The quantitative estimate of drug-likeness (QED) is 0.743. The number of anilines is 1. The average Bonchev–Trinajstić information content (AvgIpc) is 2.65. The van der Waals surface area contributed by atoms with Crippen LogP contribution in [0.25, 0.3) is 5.69 Å². The number of carbonyl (C=O) groups excluding carboxylic acids is 1. The highest BCUT2D eigenvalue weighted by atomic mass is 19.1. The van der Waals surface area contributed by atoms with Crippen molar-refractivity contribution in [1.82, 2.24) is 14.3 Å². The smallest absolute Gasteiger partial charge is 0.324 e. The second-order valence-corrected chi connectivity index (χ2v) is 6.14. The molecule has 0 aliphatic carbocycles. The number of halogens is 2. The lowest BCUT2D eigenvalue weighted by Gasteiger charge is -2.12. The van der Waals surface area contributed by atoms with Crippen LogP contribution in [0.4, 0.5) is 14.5 Å². The Labute approximate surface area is 157 Å². The number of hydrogen-bond acceptors (Lipinski definition) is 4. The zero-order valence-corrected chi connectivity index (χ0v) is 15.1. The highest BCUT2D eigenvalue weighted by molar-refractivity contribution is 5.89. The van der Waals surface area contributed by atoms with Crippen LogP contribution >= 0.6 is 0 Å². The van der Waals surface area contributed by atoms with Gasteiger partial charge in [-0.2, -0.15) is 9.78 Å². The molecule has 0 unspecified atom stereocenters. The van der Waals surface area contributed by atoms with Gasteiger partial charge in [0.15, 0.2) is 0 Å². The summed E-state index contributed by atoms with van der Waals surface area (Å²) in [6.07, 6.45) is 0. The van der Waals surface area contributed by atoms with E-state index in [1.807, 2.05) is 0 Å². The van der Waals surface area contributed by atoms with Gasteiger partial charge in [-0.3, -0.25) is 14.2 Å². The van der Waals surface area contributed by atoms with E-state index in [0.717, 1.165) is 15.3 Å². The molecule has 3 rings (SSSR count). The number of rotatable bonds is 4. The van der Waals surface area contributed by atoms with Crippen LogP contribution in [0.15, 0.2) is 52.1 Å². The summed E-state index contributed by atoms with van der Waals surface area (Å²) >= 11 is 0. The zero-order valence-electron chi connectivity index (χ0n) is 15.1. The van der Waals surface area contributed by atoms with Gasteiger partial charge in [0.05, 0.1) is 17.9 Å². The summed E-state index contributed by atoms with van der Waals surface area (Å²) in [5.74, 6) is -1.59. The highest BCUT2D eigenvalue weighted by Crippen LogP contribution is 2.17. The molecule has 28 heavy (non-hydrogen) atoms. The number of amides is 1. The Morgan fingerprint density at radius 2 is 1.79 bits per heavy atom. The van der Waals surface area contributed by atoms with Crippen molar-refractivity contribution < 1.29 is 13.6 Å². The van der Waals surface area contributed by atoms with Crippen LogP contribution in [0.5, 0.6) is 0 Å². The number of carbonyl (C=O) groups is 1. The summed E-state index contributed by atoms with van der Waals surface area (Å²) in [5.41, 5.74) is -0.684. The molecule has 0 radical (unpaired) electrons. The Morgan fingerprint density at radius 1 is 1.11 bits per heavy atom. The molecule has 0 saturated heterocycles. The molecule has 3 aromatic rings. The minimum Gasteiger partial charge on any atom is -0.324 e. The van der Waals surface area contributed by atoms with Crippen LogP contribution < -0.4 is 16.6 Å². The van der Waals surface area contributed by atoms with E-state index in [4.69, 9.17) is 0 Å². The molecule has 1 aromatic heterocycles. The van der Waals surface area contributed by atoms with Crippen LogP contribution in [0.2, 0.25) is 0 Å². The summed E-state index contributed by atoms with van der Waals surface area (Å²) in [7, 11) is 0. The largest absolute Gasteiger partial charge is 0.352 e. The molecule has 9 heteroatoms. The molecule has 0 spiro atoms. The second-order valence-electron chi connectivity index (χ2n) is 6.14. The fraction of sp³-hybridized carbons (Fsp3) is 0.158. The number of aromatic nitrogens is 3. The maximum absolute atomic E-state index is 13.9. The first-order valence-corrected chi connectivity index (χ1v) is 8.29. The van der Waals surface area contributed by atoms with Crippen molar-refractivity contribution in [3.63, 3.8) is 0 Å². The fourth-order valence-electron chi connectivity index (χ4n) is 2.64. The molecule has 0 fully saturated rings. The van der Waals surface area contributed by atoms with Crippen molar-refractivity contribution in [2.24, 2.45) is 0 Å². The van der Waals surface area contributed by atoms with E-state index in [1.165, 1.54) is 50.2 Å². The predicted molar refractivity (Wildman–Crippen MR) is 98.6 cm³/mol. The van der Waals surface area contributed by atoms with Crippen molar-refractivity contribution in [2.45, 2.75) is 20.4 Å². The molecule has 2 aromatic carbocycles. The topological polar surface area (TPSA) is 86.0 Å². The van der Waals surface area contributed by atoms with E-state index in [9.17, 15) is 23.2 Å². The van der Waals surface area contributed by atoms with Gasteiger partial charge in [-0.1, -0.05) is 12.1 Å². The monoisotopic (exact) mass is 386 g/mol. The minimum atomic E-state index is -0.750. The van der Waals surface area contributed by atoms with Gasteiger partial charge < -0.3 is 5.32 Å². The number of aryl methyl sites for hydroxylation is 1. The van der Waals surface area contributed by atoms with Gasteiger partial charge >= 0.3 is 5.69 Å². The molecule has 0 saturated carbocycles. The lowest BCUT2D eigenvalue weighted by molar-refractivity contribution is -0.114. The van der Waals surface area contributed by atoms with Crippen LogP contribution in [0.1, 0.15) is 18.2 Å². The summed E-state index contributed by atoms with van der Waals surface area (Å²) in [5, 5.41) is 6.31. The lowest BCUT2D eigenvalue weighted by Crippen LogP contribution is -2.42. The second kappa shape index (κ2) is 7.55. The third kappa shape index (κ3) is 3.88. The molecule has 0 aliphatic rings. The van der Waals surface area contributed by atoms with Gasteiger partial charge in [-0.05, 0) is 42.8 Å². The fourth-order valence-corrected chi connectivity index (χ4v) is 2.64. The van der Waals surface area contributed by atoms with Crippen LogP contribution in [-0.4, -0.2) is 20.3 Å². The van der Waals surface area contributed by atoms with Crippen molar-refractivity contribution in [2.75, 3.05) is 5.32 Å². The molecule has 7 nitrogen and oxygen atoms in total. The molecule has 0 bridgehead atoms. The molecule has 1 N–H and O–H groups in total. The van der Waals surface area contributed by atoms with E-state index < -0.39 is 28.8 Å². The highest BCUT2D eigenvalue weighted by Gasteiger charge is 2.14. The van der Waals surface area contributed by atoms with Crippen LogP contribution in [-0.2, 0) is 11.3 Å². The first-order chi connectivity index (χ1) is 13.3. The SMILES string of the molecule is CC(=O)Nc1cc(-n2nc(C)c(=O)n(Cc3ccc(F)cc3)c2=O)ccc1F. The van der Waals surface area contributed by atoms with E-state index in [-0.39, 0.29) is 23.6 Å². The van der Waals surface area contributed by atoms with Gasteiger partial charge in [-0.15, -0.1) is 0 Å².